The van der Waals surface area contributed by atoms with Gasteiger partial charge in [-0.15, -0.1) is 0 Å². The minimum atomic E-state index is -0.549. The Balaban J connectivity index is 2.11. The van der Waals surface area contributed by atoms with E-state index in [0.717, 1.165) is 12.8 Å². The summed E-state index contributed by atoms with van der Waals surface area (Å²) in [6.07, 6.45) is 2.64. The number of hydrogen-bond donors (Lipinski definition) is 2. The van der Waals surface area contributed by atoms with Crippen molar-refractivity contribution in [3.05, 3.63) is 29.3 Å². The number of aliphatic hydroxyl groups is 1. The SMILES string of the molecule is COC(=O)c1cc(C(=O)NC2CCC(O)CC2)ccc1OC. The highest BCUT2D eigenvalue weighted by Crippen LogP contribution is 2.22. The van der Waals surface area contributed by atoms with Gasteiger partial charge in [-0.2, -0.15) is 0 Å². The molecule has 1 aromatic rings. The van der Waals surface area contributed by atoms with Crippen molar-refractivity contribution >= 4 is 11.9 Å². The van der Waals surface area contributed by atoms with Gasteiger partial charge in [0.15, 0.2) is 0 Å². The summed E-state index contributed by atoms with van der Waals surface area (Å²) >= 11 is 0. The van der Waals surface area contributed by atoms with Gasteiger partial charge >= 0.3 is 5.97 Å². The van der Waals surface area contributed by atoms with E-state index in [1.165, 1.54) is 20.3 Å². The highest BCUT2D eigenvalue weighted by atomic mass is 16.5. The second-order valence-corrected chi connectivity index (χ2v) is 5.39. The van der Waals surface area contributed by atoms with Gasteiger partial charge in [-0.25, -0.2) is 4.79 Å². The van der Waals surface area contributed by atoms with Crippen LogP contribution in [0.25, 0.3) is 0 Å². The standard InChI is InChI=1S/C16H21NO5/c1-21-14-8-3-10(9-13(14)16(20)22-2)15(19)17-11-4-6-12(18)7-5-11/h3,8-9,11-12,18H,4-7H2,1-2H3,(H,17,19). The molecule has 0 bridgehead atoms. The molecule has 1 amide bonds. The molecular formula is C16H21NO5. The van der Waals surface area contributed by atoms with Gasteiger partial charge in [-0.05, 0) is 43.9 Å². The first-order valence-electron chi connectivity index (χ1n) is 7.30. The number of carbonyl (C=O) groups is 2. The van der Waals surface area contributed by atoms with Crippen LogP contribution in [0.5, 0.6) is 5.75 Å². The summed E-state index contributed by atoms with van der Waals surface area (Å²) in [6.45, 7) is 0. The van der Waals surface area contributed by atoms with Crippen LogP contribution in [0.1, 0.15) is 46.4 Å². The summed E-state index contributed by atoms with van der Waals surface area (Å²) in [5.74, 6) is -0.425. The van der Waals surface area contributed by atoms with Gasteiger partial charge in [0.2, 0.25) is 0 Å². The van der Waals surface area contributed by atoms with Crippen LogP contribution in [-0.4, -0.2) is 43.3 Å². The molecule has 0 radical (unpaired) electrons. The van der Waals surface area contributed by atoms with Crippen LogP contribution >= 0.6 is 0 Å². The van der Waals surface area contributed by atoms with Gasteiger partial charge in [0.1, 0.15) is 11.3 Å². The number of esters is 1. The number of benzene rings is 1. The summed E-state index contributed by atoms with van der Waals surface area (Å²) in [4.78, 5) is 24.0. The topological polar surface area (TPSA) is 84.9 Å². The minimum absolute atomic E-state index is 0.0552. The van der Waals surface area contributed by atoms with E-state index in [9.17, 15) is 14.7 Å². The third-order valence-corrected chi connectivity index (χ3v) is 3.90. The molecule has 1 fully saturated rings. The molecular weight excluding hydrogens is 286 g/mol. The Hall–Kier alpha value is -2.08. The Kier molecular flexibility index (Phi) is 5.38. The normalized spacial score (nSPS) is 21.0. The van der Waals surface area contributed by atoms with Crippen molar-refractivity contribution in [2.75, 3.05) is 14.2 Å². The van der Waals surface area contributed by atoms with E-state index in [1.807, 2.05) is 0 Å². The molecule has 0 unspecified atom stereocenters. The van der Waals surface area contributed by atoms with E-state index in [1.54, 1.807) is 12.1 Å². The zero-order valence-electron chi connectivity index (χ0n) is 12.8. The van der Waals surface area contributed by atoms with Crippen LogP contribution in [0.4, 0.5) is 0 Å². The lowest BCUT2D eigenvalue weighted by molar-refractivity contribution is 0.0597. The summed E-state index contributed by atoms with van der Waals surface area (Å²) in [7, 11) is 2.73. The molecule has 0 atom stereocenters. The maximum atomic E-state index is 12.3. The lowest BCUT2D eigenvalue weighted by Crippen LogP contribution is -2.38. The van der Waals surface area contributed by atoms with Crippen LogP contribution in [-0.2, 0) is 4.74 Å². The lowest BCUT2D eigenvalue weighted by Gasteiger charge is -2.26. The first-order chi connectivity index (χ1) is 10.5. The van der Waals surface area contributed by atoms with Crippen LogP contribution in [0.15, 0.2) is 18.2 Å². The molecule has 1 aromatic carbocycles. The Morgan fingerprint density at radius 1 is 1.18 bits per heavy atom. The Morgan fingerprint density at radius 3 is 2.45 bits per heavy atom. The van der Waals surface area contributed by atoms with Gasteiger partial charge in [0.25, 0.3) is 5.91 Å². The number of aliphatic hydroxyl groups excluding tert-OH is 1. The van der Waals surface area contributed by atoms with E-state index in [2.05, 4.69) is 5.32 Å². The van der Waals surface area contributed by atoms with E-state index in [4.69, 9.17) is 9.47 Å². The average Bonchev–Trinajstić information content (AvgIpc) is 2.55. The van der Waals surface area contributed by atoms with Crippen molar-refractivity contribution in [3.63, 3.8) is 0 Å². The van der Waals surface area contributed by atoms with Crippen molar-refractivity contribution in [1.82, 2.24) is 5.32 Å². The molecule has 0 aromatic heterocycles. The van der Waals surface area contributed by atoms with E-state index in [0.29, 0.717) is 24.2 Å². The molecule has 1 aliphatic rings. The van der Waals surface area contributed by atoms with Gasteiger partial charge in [0.05, 0.1) is 20.3 Å². The molecule has 0 aliphatic heterocycles. The third kappa shape index (κ3) is 3.76. The fourth-order valence-electron chi connectivity index (χ4n) is 2.61. The molecule has 1 aliphatic carbocycles. The first kappa shape index (κ1) is 16.3. The number of carbonyl (C=O) groups excluding carboxylic acids is 2. The number of rotatable bonds is 4. The Bertz CT molecular complexity index is 549. The monoisotopic (exact) mass is 307 g/mol. The van der Waals surface area contributed by atoms with Crippen LogP contribution in [0.3, 0.4) is 0 Å². The van der Waals surface area contributed by atoms with Crippen molar-refractivity contribution < 1.29 is 24.2 Å². The van der Waals surface area contributed by atoms with Crippen molar-refractivity contribution in [2.24, 2.45) is 0 Å². The molecule has 0 saturated heterocycles. The summed E-state index contributed by atoms with van der Waals surface area (Å²) in [5, 5.41) is 12.4. The number of methoxy groups -OCH3 is 2. The average molecular weight is 307 g/mol. The van der Waals surface area contributed by atoms with Crippen LogP contribution in [0.2, 0.25) is 0 Å². The van der Waals surface area contributed by atoms with Crippen LogP contribution < -0.4 is 10.1 Å². The maximum Gasteiger partial charge on any atom is 0.341 e. The van der Waals surface area contributed by atoms with Gasteiger partial charge in [-0.3, -0.25) is 4.79 Å². The van der Waals surface area contributed by atoms with E-state index < -0.39 is 5.97 Å². The molecule has 2 rings (SSSR count). The van der Waals surface area contributed by atoms with Crippen molar-refractivity contribution in [3.8, 4) is 5.75 Å². The Morgan fingerprint density at radius 2 is 1.86 bits per heavy atom. The Labute approximate surface area is 129 Å². The molecule has 6 nitrogen and oxygen atoms in total. The zero-order chi connectivity index (χ0) is 16.1. The van der Waals surface area contributed by atoms with E-state index in [-0.39, 0.29) is 23.6 Å². The van der Waals surface area contributed by atoms with Crippen LogP contribution in [0, 0.1) is 0 Å². The second-order valence-electron chi connectivity index (χ2n) is 5.39. The highest BCUT2D eigenvalue weighted by Gasteiger charge is 2.22. The number of amides is 1. The number of ether oxygens (including phenoxy) is 2. The quantitative estimate of drug-likeness (QED) is 0.824. The molecule has 22 heavy (non-hydrogen) atoms. The first-order valence-corrected chi connectivity index (χ1v) is 7.30. The number of hydrogen-bond acceptors (Lipinski definition) is 5. The molecule has 2 N–H and O–H groups in total. The highest BCUT2D eigenvalue weighted by molar-refractivity contribution is 5.99. The smallest absolute Gasteiger partial charge is 0.341 e. The predicted octanol–water partition coefficient (Wildman–Crippen LogP) is 1.52. The lowest BCUT2D eigenvalue weighted by atomic mass is 9.93. The molecule has 1 saturated carbocycles. The fourth-order valence-corrected chi connectivity index (χ4v) is 2.61. The molecule has 0 spiro atoms. The summed E-state index contributed by atoms with van der Waals surface area (Å²) in [6, 6.07) is 4.71. The summed E-state index contributed by atoms with van der Waals surface area (Å²) in [5.41, 5.74) is 0.601. The molecule has 0 heterocycles. The van der Waals surface area contributed by atoms with Gasteiger partial charge < -0.3 is 19.9 Å². The maximum absolute atomic E-state index is 12.3. The molecule has 120 valence electrons. The van der Waals surface area contributed by atoms with Gasteiger partial charge in [-0.1, -0.05) is 0 Å². The van der Waals surface area contributed by atoms with E-state index >= 15 is 0 Å². The van der Waals surface area contributed by atoms with Crippen molar-refractivity contribution in [1.29, 1.82) is 0 Å². The number of nitrogens with one attached hydrogen (secondary N) is 1. The third-order valence-electron chi connectivity index (χ3n) is 3.90. The minimum Gasteiger partial charge on any atom is -0.496 e. The van der Waals surface area contributed by atoms with Crippen molar-refractivity contribution in [2.45, 2.75) is 37.8 Å². The predicted molar refractivity (Wildman–Crippen MR) is 80.1 cm³/mol. The van der Waals surface area contributed by atoms with Gasteiger partial charge in [0, 0.05) is 11.6 Å². The largest absolute Gasteiger partial charge is 0.496 e. The second kappa shape index (κ2) is 7.26. The zero-order valence-corrected chi connectivity index (χ0v) is 12.8. The fraction of sp³-hybridized carbons (Fsp3) is 0.500. The summed E-state index contributed by atoms with van der Waals surface area (Å²) < 4.78 is 9.80. The molecule has 6 heteroatoms.